The SMILES string of the molecule is CC[C@@H](C)C(=O)O[C@H](C)[C@]1(O)CC[C@@]2(O)[C@@H]3CC[C@H]4C[C@H](O[C@H]5C[C@@H](OC)[C@H](O[C@H]6C[C@@H](OC)[C@H](O[C@H]7C[C@@H](OC)[C@H](O)[C@@H](C)O7)[C@@H](C)O6)[C@@H](C)O5)CC[C@@]4(C)[C@H]3C[C@@H](OC(C)=O)[C@@]21C. The van der Waals surface area contributed by atoms with Crippen molar-refractivity contribution in [2.24, 2.45) is 34.5 Å². The molecule has 23 atom stereocenters. The summed E-state index contributed by atoms with van der Waals surface area (Å²) >= 11 is 0. The molecule has 3 heterocycles. The van der Waals surface area contributed by atoms with Crippen LogP contribution in [0.3, 0.4) is 0 Å². The van der Waals surface area contributed by atoms with E-state index >= 15 is 0 Å². The summed E-state index contributed by atoms with van der Waals surface area (Å²) in [4.78, 5) is 25.8. The van der Waals surface area contributed by atoms with Gasteiger partial charge in [0.25, 0.3) is 0 Å². The van der Waals surface area contributed by atoms with Gasteiger partial charge in [0.1, 0.15) is 36.1 Å². The Kier molecular flexibility index (Phi) is 15.8. The molecule has 374 valence electrons. The summed E-state index contributed by atoms with van der Waals surface area (Å²) in [5, 5.41) is 36.1. The van der Waals surface area contributed by atoms with Crippen molar-refractivity contribution in [1.82, 2.24) is 0 Å². The number of carbonyl (C=O) groups excluding carboxylic acids is 2. The zero-order chi connectivity index (χ0) is 47.4. The summed E-state index contributed by atoms with van der Waals surface area (Å²) in [7, 11) is 4.90. The molecule has 7 rings (SSSR count). The van der Waals surface area contributed by atoms with E-state index in [1.807, 2.05) is 27.7 Å². The maximum Gasteiger partial charge on any atom is 0.309 e. The van der Waals surface area contributed by atoms with Gasteiger partial charge in [-0.25, -0.2) is 0 Å². The average molecular weight is 927 g/mol. The summed E-state index contributed by atoms with van der Waals surface area (Å²) in [5.74, 6) is -0.966. The van der Waals surface area contributed by atoms with Crippen LogP contribution in [0, 0.1) is 34.5 Å². The molecule has 7 fully saturated rings. The highest BCUT2D eigenvalue weighted by Gasteiger charge is 2.77. The Bertz CT molecular complexity index is 1640. The summed E-state index contributed by atoms with van der Waals surface area (Å²) in [5.41, 5.74) is -4.36. The molecule has 3 saturated heterocycles. The van der Waals surface area contributed by atoms with Gasteiger partial charge in [0, 0.05) is 47.5 Å². The van der Waals surface area contributed by atoms with Crippen LogP contribution in [0.2, 0.25) is 0 Å². The van der Waals surface area contributed by atoms with Gasteiger partial charge in [-0.05, 0) is 109 Å². The maximum absolute atomic E-state index is 13.0. The standard InChI is InChI=1S/C49H82O16/c1-13-25(2)45(52)61-29(6)48(53)18-19-49(54)33-15-14-31-20-32(16-17-46(31,8)34(33)21-38(47(48,49)9)62-30(7)50)63-39-23-36(56-11)43(27(4)59-39)65-41-24-37(57-12)44(28(5)60-41)64-40-22-35(55-10)42(51)26(3)58-40/h25-29,31-44,51,53-54H,13-24H2,1-12H3/t25-,26-,27-,28-,29-,31+,32-,33-,34+,35-,36-,37-,38-,39+,40+,41+,42-,43-,44-,46-,47-,48-,49-/m1/s1. The fraction of sp³-hybridized carbons (Fsp3) is 0.959. The van der Waals surface area contributed by atoms with E-state index in [9.17, 15) is 24.9 Å². The number of hydrogen-bond acceptors (Lipinski definition) is 16. The molecule has 0 aromatic carbocycles. The molecule has 0 amide bonds. The summed E-state index contributed by atoms with van der Waals surface area (Å²) < 4.78 is 68.2. The molecule has 3 N–H and O–H groups in total. The van der Waals surface area contributed by atoms with Gasteiger partial charge in [0.05, 0.1) is 59.7 Å². The molecule has 0 aromatic rings. The first-order valence-corrected chi connectivity index (χ1v) is 24.7. The molecule has 65 heavy (non-hydrogen) atoms. The van der Waals surface area contributed by atoms with Crippen LogP contribution in [0.5, 0.6) is 0 Å². The van der Waals surface area contributed by atoms with E-state index in [1.54, 1.807) is 42.1 Å². The quantitative estimate of drug-likeness (QED) is 0.149. The molecule has 0 bridgehead atoms. The highest BCUT2D eigenvalue weighted by atomic mass is 16.7. The molecule has 0 radical (unpaired) electrons. The van der Waals surface area contributed by atoms with Gasteiger partial charge in [-0.2, -0.15) is 0 Å². The van der Waals surface area contributed by atoms with Crippen LogP contribution < -0.4 is 0 Å². The predicted molar refractivity (Wildman–Crippen MR) is 234 cm³/mol. The lowest BCUT2D eigenvalue weighted by molar-refractivity contribution is -0.339. The van der Waals surface area contributed by atoms with Crippen molar-refractivity contribution in [3.8, 4) is 0 Å². The van der Waals surface area contributed by atoms with Crippen LogP contribution in [0.15, 0.2) is 0 Å². The van der Waals surface area contributed by atoms with E-state index in [0.717, 1.165) is 32.1 Å². The third kappa shape index (κ3) is 9.33. The first-order valence-electron chi connectivity index (χ1n) is 24.7. The molecular formula is C49H82O16. The Labute approximate surface area is 386 Å². The average Bonchev–Trinajstić information content (AvgIpc) is 3.49. The summed E-state index contributed by atoms with van der Waals surface area (Å²) in [6, 6.07) is 0. The van der Waals surface area contributed by atoms with Crippen molar-refractivity contribution in [1.29, 1.82) is 0 Å². The summed E-state index contributed by atoms with van der Waals surface area (Å²) in [6.07, 6.45) is -0.200. The zero-order valence-electron chi connectivity index (χ0n) is 41.1. The molecule has 16 nitrogen and oxygen atoms in total. The normalized spacial score (nSPS) is 49.7. The molecule has 4 saturated carbocycles. The van der Waals surface area contributed by atoms with Crippen molar-refractivity contribution >= 4 is 11.9 Å². The second-order valence-corrected chi connectivity index (χ2v) is 21.3. The Balaban J connectivity index is 0.969. The number of aliphatic hydroxyl groups is 3. The lowest BCUT2D eigenvalue weighted by Crippen LogP contribution is -2.72. The van der Waals surface area contributed by atoms with Crippen molar-refractivity contribution in [3.63, 3.8) is 0 Å². The molecule has 7 aliphatic rings. The van der Waals surface area contributed by atoms with Gasteiger partial charge in [-0.15, -0.1) is 0 Å². The number of hydrogen-bond donors (Lipinski definition) is 3. The number of carbonyl (C=O) groups is 2. The van der Waals surface area contributed by atoms with Gasteiger partial charge in [-0.1, -0.05) is 27.7 Å². The highest BCUT2D eigenvalue weighted by molar-refractivity contribution is 5.72. The van der Waals surface area contributed by atoms with Crippen LogP contribution in [-0.4, -0.2) is 152 Å². The Morgan fingerprint density at radius 1 is 0.708 bits per heavy atom. The highest BCUT2D eigenvalue weighted by Crippen LogP contribution is 2.71. The predicted octanol–water partition coefficient (Wildman–Crippen LogP) is 5.36. The number of rotatable bonds is 14. The molecule has 0 unspecified atom stereocenters. The van der Waals surface area contributed by atoms with Crippen LogP contribution in [0.1, 0.15) is 139 Å². The Hall–Kier alpha value is -1.54. The van der Waals surface area contributed by atoms with Gasteiger partial charge in [0.2, 0.25) is 0 Å². The van der Waals surface area contributed by atoms with E-state index in [2.05, 4.69) is 6.92 Å². The van der Waals surface area contributed by atoms with Crippen LogP contribution in [0.25, 0.3) is 0 Å². The number of methoxy groups -OCH3 is 3. The van der Waals surface area contributed by atoms with Gasteiger partial charge in [-0.3, -0.25) is 9.59 Å². The molecule has 3 aliphatic heterocycles. The van der Waals surface area contributed by atoms with Gasteiger partial charge in [0.15, 0.2) is 18.9 Å². The van der Waals surface area contributed by atoms with E-state index in [4.69, 9.17) is 52.1 Å². The Morgan fingerprint density at radius 3 is 1.82 bits per heavy atom. The van der Waals surface area contributed by atoms with Crippen molar-refractivity contribution in [2.45, 2.75) is 243 Å². The first kappa shape index (κ1) is 51.3. The van der Waals surface area contributed by atoms with Gasteiger partial charge < -0.3 is 67.4 Å². The monoisotopic (exact) mass is 927 g/mol. The van der Waals surface area contributed by atoms with E-state index < -0.39 is 84.2 Å². The molecule has 0 aromatic heterocycles. The largest absolute Gasteiger partial charge is 0.462 e. The molecular weight excluding hydrogens is 845 g/mol. The van der Waals surface area contributed by atoms with Crippen LogP contribution in [-0.2, 0) is 61.7 Å². The minimum atomic E-state index is -1.60. The number of ether oxygens (including phenoxy) is 11. The third-order valence-corrected chi connectivity index (χ3v) is 18.1. The third-order valence-electron chi connectivity index (χ3n) is 18.1. The second-order valence-electron chi connectivity index (χ2n) is 21.3. The number of fused-ring (bicyclic) bond motifs is 5. The smallest absolute Gasteiger partial charge is 0.309 e. The summed E-state index contributed by atoms with van der Waals surface area (Å²) in [6.45, 7) is 16.7. The number of esters is 2. The molecule has 0 spiro atoms. The van der Waals surface area contributed by atoms with Gasteiger partial charge >= 0.3 is 11.9 Å². The Morgan fingerprint density at radius 2 is 1.26 bits per heavy atom. The fourth-order valence-electron chi connectivity index (χ4n) is 13.8. The molecule has 16 heteroatoms. The lowest BCUT2D eigenvalue weighted by atomic mass is 9.42. The minimum Gasteiger partial charge on any atom is -0.462 e. The van der Waals surface area contributed by atoms with Crippen molar-refractivity contribution in [3.05, 3.63) is 0 Å². The minimum absolute atomic E-state index is 0.0391. The van der Waals surface area contributed by atoms with Crippen LogP contribution in [0.4, 0.5) is 0 Å². The van der Waals surface area contributed by atoms with Crippen LogP contribution >= 0.6 is 0 Å². The first-order chi connectivity index (χ1) is 30.7. The maximum atomic E-state index is 13.0. The topological polar surface area (TPSA) is 196 Å². The second kappa shape index (κ2) is 20.1. The van der Waals surface area contributed by atoms with Crippen molar-refractivity contribution < 1.29 is 77.0 Å². The van der Waals surface area contributed by atoms with Crippen molar-refractivity contribution in [2.75, 3.05) is 21.3 Å². The molecule has 4 aliphatic carbocycles. The van der Waals surface area contributed by atoms with E-state index in [0.29, 0.717) is 44.4 Å². The number of aliphatic hydroxyl groups excluding tert-OH is 1. The zero-order valence-corrected chi connectivity index (χ0v) is 41.1. The lowest BCUT2D eigenvalue weighted by Gasteiger charge is -2.66. The van der Waals surface area contributed by atoms with E-state index in [1.165, 1.54) is 6.92 Å². The van der Waals surface area contributed by atoms with E-state index in [-0.39, 0.29) is 66.1 Å². The fourth-order valence-corrected chi connectivity index (χ4v) is 13.8.